The van der Waals surface area contributed by atoms with Gasteiger partial charge in [-0.1, -0.05) is 0 Å². The number of nitrogens with one attached hydrogen (secondary N) is 1. The quantitative estimate of drug-likeness (QED) is 0.783. The first-order valence-corrected chi connectivity index (χ1v) is 6.65. The summed E-state index contributed by atoms with van der Waals surface area (Å²) in [6.45, 7) is 2.71. The lowest BCUT2D eigenvalue weighted by Crippen LogP contribution is -2.52. The van der Waals surface area contributed by atoms with Gasteiger partial charge in [-0.25, -0.2) is 0 Å². The minimum Gasteiger partial charge on any atom is -0.371 e. The topological polar surface area (TPSA) is 24.5 Å². The van der Waals surface area contributed by atoms with Crippen molar-refractivity contribution in [2.24, 2.45) is 5.92 Å². The Kier molecular flexibility index (Phi) is 4.86. The fraction of sp³-hybridized carbons (Fsp3) is 1.00. The Hall–Kier alpha value is -0.330. The SMILES string of the molecule is FC(F)(F)COCCN1CCC2NCCCC2C1. The minimum absolute atomic E-state index is 0.171. The van der Waals surface area contributed by atoms with Crippen molar-refractivity contribution in [2.75, 3.05) is 39.4 Å². The largest absolute Gasteiger partial charge is 0.411 e. The van der Waals surface area contributed by atoms with Crippen molar-refractivity contribution in [3.63, 3.8) is 0 Å². The van der Waals surface area contributed by atoms with E-state index in [9.17, 15) is 13.2 Å². The molecule has 2 heterocycles. The molecule has 0 spiro atoms. The lowest BCUT2D eigenvalue weighted by molar-refractivity contribution is -0.174. The smallest absolute Gasteiger partial charge is 0.371 e. The average molecular weight is 266 g/mol. The number of hydrogen-bond donors (Lipinski definition) is 1. The normalized spacial score (nSPS) is 30.2. The summed E-state index contributed by atoms with van der Waals surface area (Å²) in [5, 5.41) is 3.52. The van der Waals surface area contributed by atoms with Crippen LogP contribution in [0, 0.1) is 5.92 Å². The monoisotopic (exact) mass is 266 g/mol. The summed E-state index contributed by atoms with van der Waals surface area (Å²) in [5.41, 5.74) is 0. The maximum Gasteiger partial charge on any atom is 0.411 e. The van der Waals surface area contributed by atoms with Crippen LogP contribution in [-0.4, -0.2) is 56.5 Å². The average Bonchev–Trinajstić information content (AvgIpc) is 2.33. The molecule has 0 aromatic rings. The molecule has 2 saturated heterocycles. The summed E-state index contributed by atoms with van der Waals surface area (Å²) in [7, 11) is 0. The van der Waals surface area contributed by atoms with Crippen molar-refractivity contribution in [2.45, 2.75) is 31.5 Å². The summed E-state index contributed by atoms with van der Waals surface area (Å²) < 4.78 is 40.3. The Labute approximate surface area is 106 Å². The number of hydrogen-bond acceptors (Lipinski definition) is 3. The van der Waals surface area contributed by atoms with Crippen LogP contribution < -0.4 is 5.32 Å². The summed E-state index contributed by atoms with van der Waals surface area (Å²) in [4.78, 5) is 2.23. The Morgan fingerprint density at radius 1 is 1.28 bits per heavy atom. The van der Waals surface area contributed by atoms with Gasteiger partial charge in [0.05, 0.1) is 6.61 Å². The van der Waals surface area contributed by atoms with Gasteiger partial charge in [0, 0.05) is 19.1 Å². The van der Waals surface area contributed by atoms with Gasteiger partial charge in [-0.15, -0.1) is 0 Å². The number of fused-ring (bicyclic) bond motifs is 1. The summed E-state index contributed by atoms with van der Waals surface area (Å²) in [5.74, 6) is 0.662. The third kappa shape index (κ3) is 4.40. The van der Waals surface area contributed by atoms with Gasteiger partial charge in [-0.2, -0.15) is 13.2 Å². The van der Waals surface area contributed by atoms with Crippen molar-refractivity contribution in [1.82, 2.24) is 10.2 Å². The van der Waals surface area contributed by atoms with E-state index in [2.05, 4.69) is 15.0 Å². The van der Waals surface area contributed by atoms with E-state index in [1.54, 1.807) is 0 Å². The van der Waals surface area contributed by atoms with Gasteiger partial charge in [0.1, 0.15) is 6.61 Å². The highest BCUT2D eigenvalue weighted by Crippen LogP contribution is 2.24. The number of ether oxygens (including phenoxy) is 1. The zero-order valence-electron chi connectivity index (χ0n) is 10.5. The fourth-order valence-corrected chi connectivity index (χ4v) is 2.91. The molecule has 0 radical (unpaired) electrons. The maximum absolute atomic E-state index is 11.9. The van der Waals surface area contributed by atoms with Gasteiger partial charge in [0.15, 0.2) is 0 Å². The van der Waals surface area contributed by atoms with Gasteiger partial charge in [0.25, 0.3) is 0 Å². The second kappa shape index (κ2) is 6.21. The zero-order valence-corrected chi connectivity index (χ0v) is 10.5. The predicted molar refractivity (Wildman–Crippen MR) is 62.4 cm³/mol. The van der Waals surface area contributed by atoms with Crippen LogP contribution >= 0.6 is 0 Å². The van der Waals surface area contributed by atoms with Crippen molar-refractivity contribution < 1.29 is 17.9 Å². The van der Waals surface area contributed by atoms with E-state index >= 15 is 0 Å². The first-order valence-electron chi connectivity index (χ1n) is 6.65. The first-order chi connectivity index (χ1) is 8.54. The molecule has 2 fully saturated rings. The fourth-order valence-electron chi connectivity index (χ4n) is 2.91. The highest BCUT2D eigenvalue weighted by Gasteiger charge is 2.31. The molecule has 106 valence electrons. The third-order valence-corrected chi connectivity index (χ3v) is 3.79. The van der Waals surface area contributed by atoms with E-state index in [1.165, 1.54) is 12.8 Å². The van der Waals surface area contributed by atoms with E-state index < -0.39 is 12.8 Å². The molecule has 2 aliphatic rings. The van der Waals surface area contributed by atoms with Crippen molar-refractivity contribution >= 4 is 0 Å². The number of rotatable bonds is 4. The summed E-state index contributed by atoms with van der Waals surface area (Å²) in [6.07, 6.45) is -0.665. The van der Waals surface area contributed by atoms with Crippen LogP contribution in [0.25, 0.3) is 0 Å². The van der Waals surface area contributed by atoms with Crippen molar-refractivity contribution in [1.29, 1.82) is 0 Å². The van der Waals surface area contributed by atoms with Crippen molar-refractivity contribution in [3.05, 3.63) is 0 Å². The lowest BCUT2D eigenvalue weighted by Gasteiger charge is -2.41. The molecule has 0 bridgehead atoms. The van der Waals surface area contributed by atoms with E-state index in [0.29, 0.717) is 18.5 Å². The van der Waals surface area contributed by atoms with E-state index in [1.807, 2.05) is 0 Å². The number of alkyl halides is 3. The second-order valence-electron chi connectivity index (χ2n) is 5.22. The molecule has 2 unspecified atom stereocenters. The number of nitrogens with zero attached hydrogens (tertiary/aromatic N) is 1. The maximum atomic E-state index is 11.9. The van der Waals surface area contributed by atoms with Crippen LogP contribution in [0.4, 0.5) is 13.2 Å². The van der Waals surface area contributed by atoms with Crippen LogP contribution in [0.2, 0.25) is 0 Å². The van der Waals surface area contributed by atoms with Gasteiger partial charge in [0.2, 0.25) is 0 Å². The minimum atomic E-state index is -4.21. The van der Waals surface area contributed by atoms with Crippen LogP contribution in [-0.2, 0) is 4.74 Å². The molecular formula is C12H21F3N2O. The standard InChI is InChI=1S/C12H21F3N2O/c13-12(14,15)9-18-7-6-17-5-3-11-10(8-17)2-1-4-16-11/h10-11,16H,1-9H2. The predicted octanol–water partition coefficient (Wildman–Crippen LogP) is 1.64. The van der Waals surface area contributed by atoms with Crippen LogP contribution in [0.5, 0.6) is 0 Å². The molecule has 18 heavy (non-hydrogen) atoms. The Morgan fingerprint density at radius 2 is 2.11 bits per heavy atom. The second-order valence-corrected chi connectivity index (χ2v) is 5.22. The highest BCUT2D eigenvalue weighted by atomic mass is 19.4. The number of piperidine rings is 2. The number of halogens is 3. The van der Waals surface area contributed by atoms with Crippen LogP contribution in [0.3, 0.4) is 0 Å². The molecule has 0 saturated carbocycles. The molecule has 3 nitrogen and oxygen atoms in total. The van der Waals surface area contributed by atoms with E-state index in [-0.39, 0.29) is 6.61 Å². The molecule has 0 aromatic carbocycles. The molecule has 2 aliphatic heterocycles. The van der Waals surface area contributed by atoms with Crippen LogP contribution in [0.1, 0.15) is 19.3 Å². The van der Waals surface area contributed by atoms with Crippen LogP contribution in [0.15, 0.2) is 0 Å². The third-order valence-electron chi connectivity index (χ3n) is 3.79. The Bertz CT molecular complexity index is 260. The Morgan fingerprint density at radius 3 is 2.89 bits per heavy atom. The van der Waals surface area contributed by atoms with E-state index in [4.69, 9.17) is 0 Å². The molecule has 6 heteroatoms. The molecule has 0 aliphatic carbocycles. The summed E-state index contributed by atoms with van der Waals surface area (Å²) in [6, 6.07) is 0.617. The molecule has 0 amide bonds. The van der Waals surface area contributed by atoms with Gasteiger partial charge in [-0.3, -0.25) is 0 Å². The molecule has 2 rings (SSSR count). The molecule has 1 N–H and O–H groups in total. The molecule has 2 atom stereocenters. The van der Waals surface area contributed by atoms with Crippen molar-refractivity contribution in [3.8, 4) is 0 Å². The van der Waals surface area contributed by atoms with Gasteiger partial charge < -0.3 is 15.0 Å². The highest BCUT2D eigenvalue weighted by molar-refractivity contribution is 4.88. The van der Waals surface area contributed by atoms with Gasteiger partial charge >= 0.3 is 6.18 Å². The molecular weight excluding hydrogens is 245 g/mol. The summed E-state index contributed by atoms with van der Waals surface area (Å²) >= 11 is 0. The first kappa shape index (κ1) is 14.1. The van der Waals surface area contributed by atoms with Gasteiger partial charge in [-0.05, 0) is 38.3 Å². The Balaban J connectivity index is 1.62. The molecule has 0 aromatic heterocycles. The number of likely N-dealkylation sites (tertiary alicyclic amines) is 1. The van der Waals surface area contributed by atoms with E-state index in [0.717, 1.165) is 26.1 Å². The lowest BCUT2D eigenvalue weighted by atomic mass is 9.85. The zero-order chi connectivity index (χ0) is 13.0.